The molecule has 0 N–H and O–H groups in total. The molecule has 0 fully saturated rings. The molecule has 0 spiro atoms. The summed E-state index contributed by atoms with van der Waals surface area (Å²) in [5, 5.41) is 0. The van der Waals surface area contributed by atoms with Crippen LogP contribution in [0.1, 0.15) is 9.67 Å². The zero-order chi connectivity index (χ0) is 11.7. The topological polar surface area (TPSA) is 44.0 Å². The van der Waals surface area contributed by atoms with E-state index in [0.717, 1.165) is 3.79 Å². The van der Waals surface area contributed by atoms with Crippen molar-refractivity contribution >= 4 is 33.0 Å². The van der Waals surface area contributed by atoms with E-state index in [1.807, 2.05) is 6.07 Å². The Morgan fingerprint density at radius 3 is 2.69 bits per heavy atom. The van der Waals surface area contributed by atoms with Gasteiger partial charge >= 0.3 is 5.69 Å². The molecule has 84 valence electrons. The fraction of sp³-hybridized carbons (Fsp3) is 0.200. The zero-order valence-electron chi connectivity index (χ0n) is 8.51. The van der Waals surface area contributed by atoms with Crippen LogP contribution in [0.15, 0.2) is 33.1 Å². The minimum absolute atomic E-state index is 0.0519. The molecule has 0 aromatic carbocycles. The lowest BCUT2D eigenvalue weighted by Crippen LogP contribution is -2.24. The summed E-state index contributed by atoms with van der Waals surface area (Å²) in [6.45, 7) is 0.0899. The van der Waals surface area contributed by atoms with Gasteiger partial charge in [-0.15, -0.1) is 11.3 Å². The number of Topliss-reactive ketones (excluding diaryl/α,β-unsaturated/α-hetero) is 1. The number of halogens is 1. The molecule has 0 amide bonds. The predicted molar refractivity (Wildman–Crippen MR) is 66.0 cm³/mol. The summed E-state index contributed by atoms with van der Waals surface area (Å²) in [4.78, 5) is 24.0. The molecule has 6 heteroatoms. The molecule has 0 aliphatic carbocycles. The van der Waals surface area contributed by atoms with Gasteiger partial charge in [0.25, 0.3) is 0 Å². The Bertz CT molecular complexity index is 582. The summed E-state index contributed by atoms with van der Waals surface area (Å²) in [5.41, 5.74) is -0.177. The largest absolute Gasteiger partial charge is 0.328 e. The van der Waals surface area contributed by atoms with E-state index in [-0.39, 0.29) is 18.0 Å². The van der Waals surface area contributed by atoms with Crippen molar-refractivity contribution in [3.05, 3.63) is 43.7 Å². The van der Waals surface area contributed by atoms with Crippen LogP contribution >= 0.6 is 27.3 Å². The van der Waals surface area contributed by atoms with Crippen LogP contribution in [0.25, 0.3) is 0 Å². The minimum atomic E-state index is -0.177. The first-order valence-corrected chi connectivity index (χ1v) is 6.19. The van der Waals surface area contributed by atoms with E-state index < -0.39 is 0 Å². The first-order valence-electron chi connectivity index (χ1n) is 4.58. The number of hydrogen-bond donors (Lipinski definition) is 0. The molecule has 2 heterocycles. The van der Waals surface area contributed by atoms with Gasteiger partial charge in [-0.05, 0) is 28.1 Å². The number of hydrogen-bond acceptors (Lipinski definition) is 3. The Kier molecular flexibility index (Phi) is 3.11. The van der Waals surface area contributed by atoms with Gasteiger partial charge in [0.05, 0.1) is 15.2 Å². The SMILES string of the molecule is Cn1ccn(CC(=O)c2ccc(Br)s2)c1=O. The summed E-state index contributed by atoms with van der Waals surface area (Å²) in [7, 11) is 1.66. The maximum atomic E-state index is 11.8. The van der Waals surface area contributed by atoms with Crippen molar-refractivity contribution in [2.75, 3.05) is 0 Å². The number of aromatic nitrogens is 2. The van der Waals surface area contributed by atoms with E-state index >= 15 is 0 Å². The van der Waals surface area contributed by atoms with Crippen LogP contribution in [0.2, 0.25) is 0 Å². The number of thiophene rings is 1. The van der Waals surface area contributed by atoms with Crippen molar-refractivity contribution in [3.8, 4) is 0 Å². The normalized spacial score (nSPS) is 10.6. The van der Waals surface area contributed by atoms with Gasteiger partial charge in [0.1, 0.15) is 0 Å². The van der Waals surface area contributed by atoms with Crippen LogP contribution in [-0.4, -0.2) is 14.9 Å². The number of rotatable bonds is 3. The lowest BCUT2D eigenvalue weighted by Gasteiger charge is -1.98. The highest BCUT2D eigenvalue weighted by Crippen LogP contribution is 2.22. The van der Waals surface area contributed by atoms with Gasteiger partial charge in [-0.2, -0.15) is 0 Å². The maximum Gasteiger partial charge on any atom is 0.328 e. The second-order valence-corrected chi connectivity index (χ2v) is 5.81. The van der Waals surface area contributed by atoms with E-state index in [0.29, 0.717) is 4.88 Å². The summed E-state index contributed by atoms with van der Waals surface area (Å²) in [6, 6.07) is 3.58. The van der Waals surface area contributed by atoms with Crippen molar-refractivity contribution < 1.29 is 4.79 Å². The number of carbonyl (C=O) groups is 1. The van der Waals surface area contributed by atoms with Crippen LogP contribution in [0, 0.1) is 0 Å². The van der Waals surface area contributed by atoms with Crippen LogP contribution in [-0.2, 0) is 13.6 Å². The lowest BCUT2D eigenvalue weighted by atomic mass is 10.3. The molecule has 0 bridgehead atoms. The third-order valence-corrected chi connectivity index (χ3v) is 3.84. The molecular formula is C10H9BrN2O2S. The molecule has 4 nitrogen and oxygen atoms in total. The van der Waals surface area contributed by atoms with E-state index in [1.54, 1.807) is 25.5 Å². The number of carbonyl (C=O) groups excluding carboxylic acids is 1. The first-order chi connectivity index (χ1) is 7.58. The zero-order valence-corrected chi connectivity index (χ0v) is 10.9. The van der Waals surface area contributed by atoms with Gasteiger partial charge in [0.2, 0.25) is 0 Å². The third-order valence-electron chi connectivity index (χ3n) is 2.18. The second-order valence-electron chi connectivity index (χ2n) is 3.35. The monoisotopic (exact) mass is 300 g/mol. The molecule has 0 aliphatic heterocycles. The highest BCUT2D eigenvalue weighted by Gasteiger charge is 2.11. The molecule has 0 saturated carbocycles. The van der Waals surface area contributed by atoms with Gasteiger partial charge < -0.3 is 4.57 Å². The van der Waals surface area contributed by atoms with E-state index in [9.17, 15) is 9.59 Å². The van der Waals surface area contributed by atoms with Gasteiger partial charge in [-0.3, -0.25) is 9.36 Å². The quantitative estimate of drug-likeness (QED) is 0.813. The number of ketones is 1. The summed E-state index contributed by atoms with van der Waals surface area (Å²) >= 11 is 4.67. The number of nitrogens with zero attached hydrogens (tertiary/aromatic N) is 2. The summed E-state index contributed by atoms with van der Waals surface area (Å²) in [6.07, 6.45) is 3.25. The highest BCUT2D eigenvalue weighted by atomic mass is 79.9. The predicted octanol–water partition coefficient (Wildman–Crippen LogP) is 1.89. The minimum Gasteiger partial charge on any atom is -0.302 e. The Labute approximate surface area is 104 Å². The van der Waals surface area contributed by atoms with E-state index in [1.165, 1.54) is 20.5 Å². The van der Waals surface area contributed by atoms with Gasteiger partial charge in [0.15, 0.2) is 5.78 Å². The number of aryl methyl sites for hydroxylation is 1. The summed E-state index contributed by atoms with van der Waals surface area (Å²) in [5.74, 6) is -0.0519. The van der Waals surface area contributed by atoms with Crippen molar-refractivity contribution in [2.24, 2.45) is 7.05 Å². The highest BCUT2D eigenvalue weighted by molar-refractivity contribution is 9.11. The third kappa shape index (κ3) is 2.17. The van der Waals surface area contributed by atoms with E-state index in [2.05, 4.69) is 15.9 Å². The van der Waals surface area contributed by atoms with Gasteiger partial charge in [-0.25, -0.2) is 4.79 Å². The fourth-order valence-corrected chi connectivity index (χ4v) is 2.64. The molecule has 0 radical (unpaired) electrons. The Morgan fingerprint density at radius 1 is 1.44 bits per heavy atom. The molecule has 0 aliphatic rings. The molecule has 0 atom stereocenters. The van der Waals surface area contributed by atoms with Crippen molar-refractivity contribution in [2.45, 2.75) is 6.54 Å². The van der Waals surface area contributed by atoms with Gasteiger partial charge in [0, 0.05) is 19.4 Å². The molecule has 0 saturated heterocycles. The maximum absolute atomic E-state index is 11.8. The van der Waals surface area contributed by atoms with Crippen molar-refractivity contribution in [3.63, 3.8) is 0 Å². The first kappa shape index (κ1) is 11.3. The Balaban J connectivity index is 2.20. The van der Waals surface area contributed by atoms with Crippen molar-refractivity contribution in [1.82, 2.24) is 9.13 Å². The number of imidazole rings is 1. The standard InChI is InChI=1S/C10H9BrN2O2S/c1-12-4-5-13(10(12)15)6-7(14)8-2-3-9(11)16-8/h2-5H,6H2,1H3. The van der Waals surface area contributed by atoms with Crippen LogP contribution in [0.5, 0.6) is 0 Å². The van der Waals surface area contributed by atoms with Gasteiger partial charge in [-0.1, -0.05) is 0 Å². The average molecular weight is 301 g/mol. The molecule has 16 heavy (non-hydrogen) atoms. The second kappa shape index (κ2) is 4.39. The molecule has 2 rings (SSSR count). The van der Waals surface area contributed by atoms with Crippen LogP contribution in [0.3, 0.4) is 0 Å². The Hall–Kier alpha value is -1.14. The lowest BCUT2D eigenvalue weighted by molar-refractivity contribution is 0.0974. The summed E-state index contributed by atoms with van der Waals surface area (Å²) < 4.78 is 3.75. The smallest absolute Gasteiger partial charge is 0.302 e. The average Bonchev–Trinajstić information content (AvgIpc) is 2.79. The van der Waals surface area contributed by atoms with Crippen LogP contribution < -0.4 is 5.69 Å². The van der Waals surface area contributed by atoms with Crippen LogP contribution in [0.4, 0.5) is 0 Å². The molecule has 2 aromatic rings. The van der Waals surface area contributed by atoms with E-state index in [4.69, 9.17) is 0 Å². The molecular weight excluding hydrogens is 292 g/mol. The molecule has 0 unspecified atom stereocenters. The van der Waals surface area contributed by atoms with Crippen molar-refractivity contribution in [1.29, 1.82) is 0 Å². The Morgan fingerprint density at radius 2 is 2.19 bits per heavy atom. The molecule has 2 aromatic heterocycles. The fourth-order valence-electron chi connectivity index (χ4n) is 1.33.